The third-order valence-corrected chi connectivity index (χ3v) is 0.818. The number of nitrogens with zero attached hydrogens (tertiary/aromatic N) is 2. The lowest BCUT2D eigenvalue weighted by atomic mass is 10.5. The van der Waals surface area contributed by atoms with Gasteiger partial charge in [-0.05, 0) is 10.4 Å². The number of nitroso groups, excluding NO2 is 2. The fourth-order valence-corrected chi connectivity index (χ4v) is 0.420. The van der Waals surface area contributed by atoms with Gasteiger partial charge in [-0.25, -0.2) is 0 Å². The Morgan fingerprint density at radius 1 is 1.11 bits per heavy atom. The molecule has 46 valence electrons. The highest BCUT2D eigenvalue weighted by Gasteiger charge is 2.03. The molecule has 5 nitrogen and oxygen atoms in total. The summed E-state index contributed by atoms with van der Waals surface area (Å²) in [5, 5.41) is 4.93. The fourth-order valence-electron chi connectivity index (χ4n) is 0.420. The highest BCUT2D eigenvalue weighted by atomic mass is 16.3. The van der Waals surface area contributed by atoms with Crippen LogP contribution in [0.4, 0.5) is 11.4 Å². The first-order valence-electron chi connectivity index (χ1n) is 2.11. The van der Waals surface area contributed by atoms with Crippen molar-refractivity contribution in [2.24, 2.45) is 10.4 Å². The van der Waals surface area contributed by atoms with E-state index in [0.29, 0.717) is 0 Å². The molecular weight excluding hydrogens is 124 g/mol. The standard InChI is InChI=1S/C4H2N2O3/c7-5-3-1-9-2-4(3)6-8/h1-2H. The quantitative estimate of drug-likeness (QED) is 0.569. The van der Waals surface area contributed by atoms with Gasteiger partial charge in [0.2, 0.25) is 0 Å². The third-order valence-electron chi connectivity index (χ3n) is 0.818. The molecule has 1 rings (SSSR count). The monoisotopic (exact) mass is 126 g/mol. The molecule has 0 saturated carbocycles. The van der Waals surface area contributed by atoms with Gasteiger partial charge in [0, 0.05) is 0 Å². The van der Waals surface area contributed by atoms with E-state index in [0.717, 1.165) is 12.5 Å². The van der Waals surface area contributed by atoms with Crippen LogP contribution in [0.3, 0.4) is 0 Å². The molecule has 0 atom stereocenters. The second kappa shape index (κ2) is 2.17. The van der Waals surface area contributed by atoms with Crippen molar-refractivity contribution in [3.63, 3.8) is 0 Å². The van der Waals surface area contributed by atoms with Crippen molar-refractivity contribution in [3.05, 3.63) is 22.3 Å². The van der Waals surface area contributed by atoms with Crippen LogP contribution in [0.1, 0.15) is 0 Å². The van der Waals surface area contributed by atoms with Crippen molar-refractivity contribution >= 4 is 11.4 Å². The molecule has 0 aliphatic heterocycles. The predicted molar refractivity (Wildman–Crippen MR) is 29.6 cm³/mol. The zero-order valence-electron chi connectivity index (χ0n) is 4.27. The topological polar surface area (TPSA) is 72.0 Å². The SMILES string of the molecule is O=Nc1cocc1N=O. The molecule has 0 unspecified atom stereocenters. The first kappa shape index (κ1) is 5.61. The van der Waals surface area contributed by atoms with Crippen LogP contribution in [0.15, 0.2) is 27.3 Å². The summed E-state index contributed by atoms with van der Waals surface area (Å²) in [5.74, 6) is 0. The minimum absolute atomic E-state index is 0.0648. The zero-order valence-corrected chi connectivity index (χ0v) is 4.27. The molecule has 0 fully saturated rings. The van der Waals surface area contributed by atoms with Crippen LogP contribution in [0.5, 0.6) is 0 Å². The molecule has 0 bridgehead atoms. The Kier molecular flexibility index (Phi) is 1.35. The molecule has 0 saturated heterocycles. The van der Waals surface area contributed by atoms with Crippen molar-refractivity contribution in [2.75, 3.05) is 0 Å². The Bertz CT molecular complexity index is 207. The molecular formula is C4H2N2O3. The molecule has 1 aromatic heterocycles. The Labute approximate surface area is 49.6 Å². The van der Waals surface area contributed by atoms with Crippen LogP contribution in [0.25, 0.3) is 0 Å². The number of furan rings is 1. The van der Waals surface area contributed by atoms with Crippen LogP contribution in [-0.2, 0) is 0 Å². The van der Waals surface area contributed by atoms with Gasteiger partial charge in [-0.2, -0.15) is 0 Å². The third kappa shape index (κ3) is 0.835. The largest absolute Gasteiger partial charge is 0.468 e. The number of hydrogen-bond acceptors (Lipinski definition) is 5. The second-order valence-electron chi connectivity index (χ2n) is 1.32. The molecule has 0 aromatic carbocycles. The average molecular weight is 126 g/mol. The van der Waals surface area contributed by atoms with E-state index in [1.54, 1.807) is 0 Å². The van der Waals surface area contributed by atoms with E-state index < -0.39 is 0 Å². The smallest absolute Gasteiger partial charge is 0.175 e. The molecule has 1 aromatic rings. The van der Waals surface area contributed by atoms with E-state index in [1.165, 1.54) is 0 Å². The summed E-state index contributed by atoms with van der Waals surface area (Å²) < 4.78 is 4.44. The predicted octanol–water partition coefficient (Wildman–Crippen LogP) is 2.08. The number of hydrogen-bond donors (Lipinski definition) is 0. The van der Waals surface area contributed by atoms with Gasteiger partial charge < -0.3 is 4.42 Å². The summed E-state index contributed by atoms with van der Waals surface area (Å²) in [6, 6.07) is 0. The van der Waals surface area contributed by atoms with Gasteiger partial charge in [-0.1, -0.05) is 0 Å². The minimum atomic E-state index is -0.0648. The summed E-state index contributed by atoms with van der Waals surface area (Å²) in [5.41, 5.74) is -0.130. The Morgan fingerprint density at radius 2 is 1.56 bits per heavy atom. The van der Waals surface area contributed by atoms with Crippen LogP contribution in [-0.4, -0.2) is 0 Å². The Morgan fingerprint density at radius 3 is 1.89 bits per heavy atom. The van der Waals surface area contributed by atoms with Crippen LogP contribution in [0, 0.1) is 9.81 Å². The lowest BCUT2D eigenvalue weighted by molar-refractivity contribution is 0.568. The normalized spacial score (nSPS) is 8.89. The first-order valence-corrected chi connectivity index (χ1v) is 2.11. The highest BCUT2D eigenvalue weighted by molar-refractivity contribution is 5.58. The summed E-state index contributed by atoms with van der Waals surface area (Å²) >= 11 is 0. The number of rotatable bonds is 2. The fraction of sp³-hybridized carbons (Fsp3) is 0. The van der Waals surface area contributed by atoms with E-state index in [-0.39, 0.29) is 11.4 Å². The Hall–Kier alpha value is -1.52. The van der Waals surface area contributed by atoms with Crippen LogP contribution < -0.4 is 0 Å². The summed E-state index contributed by atoms with van der Waals surface area (Å²) in [4.78, 5) is 19.5. The van der Waals surface area contributed by atoms with E-state index in [1.807, 2.05) is 0 Å². The van der Waals surface area contributed by atoms with E-state index in [4.69, 9.17) is 0 Å². The maximum atomic E-state index is 9.74. The van der Waals surface area contributed by atoms with Gasteiger partial charge in [-0.15, -0.1) is 9.81 Å². The van der Waals surface area contributed by atoms with Crippen LogP contribution >= 0.6 is 0 Å². The molecule has 1 heterocycles. The zero-order chi connectivity index (χ0) is 6.69. The van der Waals surface area contributed by atoms with Crippen molar-refractivity contribution in [1.29, 1.82) is 0 Å². The molecule has 0 aliphatic rings. The highest BCUT2D eigenvalue weighted by Crippen LogP contribution is 2.27. The maximum absolute atomic E-state index is 9.74. The second-order valence-corrected chi connectivity index (χ2v) is 1.32. The first-order chi connectivity index (χ1) is 4.38. The maximum Gasteiger partial charge on any atom is 0.175 e. The van der Waals surface area contributed by atoms with Crippen LogP contribution in [0.2, 0.25) is 0 Å². The average Bonchev–Trinajstić information content (AvgIpc) is 2.33. The van der Waals surface area contributed by atoms with Gasteiger partial charge in [0.25, 0.3) is 0 Å². The minimum Gasteiger partial charge on any atom is -0.468 e. The van der Waals surface area contributed by atoms with E-state index >= 15 is 0 Å². The summed E-state index contributed by atoms with van der Waals surface area (Å²) in [7, 11) is 0. The Balaban J connectivity index is 3.12. The van der Waals surface area contributed by atoms with Crippen molar-refractivity contribution in [3.8, 4) is 0 Å². The molecule has 9 heavy (non-hydrogen) atoms. The van der Waals surface area contributed by atoms with Gasteiger partial charge >= 0.3 is 0 Å². The van der Waals surface area contributed by atoms with Gasteiger partial charge in [0.05, 0.1) is 0 Å². The lowest BCUT2D eigenvalue weighted by Crippen LogP contribution is -1.50. The van der Waals surface area contributed by atoms with Gasteiger partial charge in [-0.3, -0.25) is 0 Å². The molecule has 0 amide bonds. The molecule has 0 N–H and O–H groups in total. The summed E-state index contributed by atoms with van der Waals surface area (Å²) in [6.07, 6.45) is 2.12. The van der Waals surface area contributed by atoms with E-state index in [2.05, 4.69) is 14.8 Å². The molecule has 0 spiro atoms. The van der Waals surface area contributed by atoms with E-state index in [9.17, 15) is 9.81 Å². The van der Waals surface area contributed by atoms with Crippen molar-refractivity contribution in [1.82, 2.24) is 0 Å². The van der Waals surface area contributed by atoms with Crippen molar-refractivity contribution in [2.45, 2.75) is 0 Å². The lowest BCUT2D eigenvalue weighted by Gasteiger charge is -1.72. The molecule has 0 aliphatic carbocycles. The summed E-state index contributed by atoms with van der Waals surface area (Å²) in [6.45, 7) is 0. The molecule has 5 heteroatoms. The van der Waals surface area contributed by atoms with Crippen molar-refractivity contribution < 1.29 is 4.42 Å². The van der Waals surface area contributed by atoms with Gasteiger partial charge in [0.15, 0.2) is 11.4 Å². The molecule has 0 radical (unpaired) electrons. The van der Waals surface area contributed by atoms with Gasteiger partial charge in [0.1, 0.15) is 12.5 Å².